The molecule has 0 spiro atoms. The van der Waals surface area contributed by atoms with Crippen molar-refractivity contribution >= 4 is 16.8 Å². The zero-order valence-corrected chi connectivity index (χ0v) is 15.6. The van der Waals surface area contributed by atoms with Crippen LogP contribution in [-0.4, -0.2) is 29.3 Å². The molecule has 0 bridgehead atoms. The van der Waals surface area contributed by atoms with Crippen molar-refractivity contribution in [3.8, 4) is 16.9 Å². The number of anilines is 1. The first kappa shape index (κ1) is 18.7. The van der Waals surface area contributed by atoms with Gasteiger partial charge in [-0.25, -0.2) is 9.78 Å². The molecule has 146 valence electrons. The van der Waals surface area contributed by atoms with Crippen LogP contribution < -0.4 is 15.7 Å². The number of fused-ring (bicyclic) bond motifs is 1. The second kappa shape index (κ2) is 8.58. The van der Waals surface area contributed by atoms with Crippen LogP contribution in [0.1, 0.15) is 0 Å². The van der Waals surface area contributed by atoms with Crippen LogP contribution in [0.4, 0.5) is 5.82 Å². The first-order valence-electron chi connectivity index (χ1n) is 9.28. The van der Waals surface area contributed by atoms with E-state index in [4.69, 9.17) is 9.15 Å². The lowest BCUT2D eigenvalue weighted by Crippen LogP contribution is -2.26. The molecule has 0 aliphatic rings. The van der Waals surface area contributed by atoms with Gasteiger partial charge in [-0.2, -0.15) is 0 Å². The molecule has 2 heterocycles. The second-order valence-electron chi connectivity index (χ2n) is 6.56. The van der Waals surface area contributed by atoms with Crippen molar-refractivity contribution in [2.24, 2.45) is 0 Å². The van der Waals surface area contributed by atoms with Crippen molar-refractivity contribution in [1.82, 2.24) is 4.98 Å². The number of pyridine rings is 1. The molecule has 2 N–H and O–H groups in total. The van der Waals surface area contributed by atoms with E-state index in [1.807, 2.05) is 54.6 Å². The quantitative estimate of drug-likeness (QED) is 0.470. The van der Waals surface area contributed by atoms with Crippen LogP contribution in [0.3, 0.4) is 0 Å². The molecule has 0 saturated heterocycles. The van der Waals surface area contributed by atoms with E-state index in [0.717, 1.165) is 16.5 Å². The summed E-state index contributed by atoms with van der Waals surface area (Å²) in [4.78, 5) is 16.2. The molecular weight excluding hydrogens is 368 g/mol. The van der Waals surface area contributed by atoms with E-state index >= 15 is 0 Å². The summed E-state index contributed by atoms with van der Waals surface area (Å²) in [6.45, 7) is 0.395. The smallest absolute Gasteiger partial charge is 0.336 e. The van der Waals surface area contributed by atoms with Crippen molar-refractivity contribution in [3.05, 3.63) is 89.4 Å². The average Bonchev–Trinajstić information content (AvgIpc) is 2.76. The first-order valence-corrected chi connectivity index (χ1v) is 9.28. The Balaban J connectivity index is 1.47. The van der Waals surface area contributed by atoms with E-state index in [2.05, 4.69) is 10.3 Å². The zero-order chi connectivity index (χ0) is 20.1. The van der Waals surface area contributed by atoms with E-state index in [1.165, 1.54) is 6.07 Å². The van der Waals surface area contributed by atoms with Gasteiger partial charge >= 0.3 is 5.63 Å². The summed E-state index contributed by atoms with van der Waals surface area (Å²) in [5.41, 5.74) is 1.76. The number of benzene rings is 2. The second-order valence-corrected chi connectivity index (χ2v) is 6.56. The summed E-state index contributed by atoms with van der Waals surface area (Å²) in [6, 6.07) is 22.0. The molecule has 6 heteroatoms. The standard InChI is InChI=1S/C23H20N2O4/c26-17(14-25-22-8-4-5-11-24-22)15-28-18-9-10-19-20(16-6-2-1-3-7-16)13-23(27)29-21(19)12-18/h1-13,17,26H,14-15H2,(H,24,25)/t17-/m1/s1. The SMILES string of the molecule is O=c1cc(-c2ccccc2)c2ccc(OC[C@H](O)CNc3ccccn3)cc2o1. The van der Waals surface area contributed by atoms with E-state index in [0.29, 0.717) is 23.7 Å². The number of hydrogen-bond donors (Lipinski definition) is 2. The Kier molecular flexibility index (Phi) is 5.54. The van der Waals surface area contributed by atoms with Gasteiger partial charge in [-0.3, -0.25) is 0 Å². The fraction of sp³-hybridized carbons (Fsp3) is 0.130. The Labute approximate surface area is 167 Å². The molecule has 4 aromatic rings. The highest BCUT2D eigenvalue weighted by molar-refractivity contribution is 5.93. The molecule has 1 atom stereocenters. The van der Waals surface area contributed by atoms with Crippen molar-refractivity contribution < 1.29 is 14.3 Å². The highest BCUT2D eigenvalue weighted by Gasteiger charge is 2.10. The maximum absolute atomic E-state index is 12.0. The number of hydrogen-bond acceptors (Lipinski definition) is 6. The minimum atomic E-state index is -0.727. The van der Waals surface area contributed by atoms with Crippen LogP contribution in [0.5, 0.6) is 5.75 Å². The molecule has 0 unspecified atom stereocenters. The first-order chi connectivity index (χ1) is 14.2. The van der Waals surface area contributed by atoms with Gasteiger partial charge in [0.15, 0.2) is 0 Å². The van der Waals surface area contributed by atoms with Gasteiger partial charge in [0, 0.05) is 30.3 Å². The van der Waals surface area contributed by atoms with E-state index in [-0.39, 0.29) is 6.61 Å². The summed E-state index contributed by atoms with van der Waals surface area (Å²) in [7, 11) is 0. The number of ether oxygens (including phenoxy) is 1. The molecule has 0 saturated carbocycles. The van der Waals surface area contributed by atoms with Gasteiger partial charge in [-0.1, -0.05) is 36.4 Å². The number of rotatable bonds is 7. The normalized spacial score (nSPS) is 11.9. The lowest BCUT2D eigenvalue weighted by Gasteiger charge is -2.14. The molecule has 2 aromatic carbocycles. The van der Waals surface area contributed by atoms with Crippen molar-refractivity contribution in [3.63, 3.8) is 0 Å². The van der Waals surface area contributed by atoms with E-state index in [9.17, 15) is 9.90 Å². The van der Waals surface area contributed by atoms with Crippen LogP contribution >= 0.6 is 0 Å². The Hall–Kier alpha value is -3.64. The van der Waals surface area contributed by atoms with Crippen molar-refractivity contribution in [1.29, 1.82) is 0 Å². The van der Waals surface area contributed by atoms with Crippen LogP contribution in [0, 0.1) is 0 Å². The van der Waals surface area contributed by atoms with Gasteiger partial charge in [-0.05, 0) is 35.4 Å². The molecular formula is C23H20N2O4. The van der Waals surface area contributed by atoms with Crippen LogP contribution in [0.15, 0.2) is 88.2 Å². The Morgan fingerprint density at radius 3 is 2.66 bits per heavy atom. The largest absolute Gasteiger partial charge is 0.491 e. The molecule has 0 aliphatic carbocycles. The number of aromatic nitrogens is 1. The minimum absolute atomic E-state index is 0.0912. The zero-order valence-electron chi connectivity index (χ0n) is 15.6. The van der Waals surface area contributed by atoms with Gasteiger partial charge < -0.3 is 19.6 Å². The van der Waals surface area contributed by atoms with Crippen molar-refractivity contribution in [2.75, 3.05) is 18.5 Å². The van der Waals surface area contributed by atoms with Gasteiger partial charge in [-0.15, -0.1) is 0 Å². The summed E-state index contributed by atoms with van der Waals surface area (Å²) in [6.07, 6.45) is 0.952. The third kappa shape index (κ3) is 4.62. The third-order valence-corrected chi connectivity index (χ3v) is 4.43. The Morgan fingerprint density at radius 1 is 1.03 bits per heavy atom. The van der Waals surface area contributed by atoms with Crippen LogP contribution in [-0.2, 0) is 0 Å². The van der Waals surface area contributed by atoms with Gasteiger partial charge in [0.25, 0.3) is 0 Å². The molecule has 2 aromatic heterocycles. The Morgan fingerprint density at radius 2 is 1.86 bits per heavy atom. The number of nitrogens with zero attached hydrogens (tertiary/aromatic N) is 1. The molecule has 0 fully saturated rings. The molecule has 0 amide bonds. The van der Waals surface area contributed by atoms with E-state index in [1.54, 1.807) is 18.3 Å². The average molecular weight is 388 g/mol. The van der Waals surface area contributed by atoms with Gasteiger partial charge in [0.05, 0.1) is 0 Å². The molecule has 6 nitrogen and oxygen atoms in total. The van der Waals surface area contributed by atoms with Crippen LogP contribution in [0.2, 0.25) is 0 Å². The lowest BCUT2D eigenvalue weighted by molar-refractivity contribution is 0.117. The third-order valence-electron chi connectivity index (χ3n) is 4.43. The summed E-state index contributed by atoms with van der Waals surface area (Å²) in [5.74, 6) is 1.20. The number of aliphatic hydroxyl groups excluding tert-OH is 1. The molecule has 29 heavy (non-hydrogen) atoms. The summed E-state index contributed by atoms with van der Waals surface area (Å²) in [5, 5.41) is 14.0. The van der Waals surface area contributed by atoms with E-state index < -0.39 is 11.7 Å². The fourth-order valence-electron chi connectivity index (χ4n) is 3.03. The molecule has 0 radical (unpaired) electrons. The number of aliphatic hydroxyl groups is 1. The predicted molar refractivity (Wildman–Crippen MR) is 112 cm³/mol. The van der Waals surface area contributed by atoms with Crippen molar-refractivity contribution in [2.45, 2.75) is 6.10 Å². The monoisotopic (exact) mass is 388 g/mol. The highest BCUT2D eigenvalue weighted by atomic mass is 16.5. The predicted octanol–water partition coefficient (Wildman–Crippen LogP) is 3.71. The van der Waals surface area contributed by atoms with Gasteiger partial charge in [0.2, 0.25) is 0 Å². The summed E-state index contributed by atoms with van der Waals surface area (Å²) >= 11 is 0. The maximum Gasteiger partial charge on any atom is 0.336 e. The summed E-state index contributed by atoms with van der Waals surface area (Å²) < 4.78 is 11.0. The number of nitrogens with one attached hydrogen (secondary N) is 1. The lowest BCUT2D eigenvalue weighted by atomic mass is 10.0. The topological polar surface area (TPSA) is 84.6 Å². The minimum Gasteiger partial charge on any atom is -0.491 e. The van der Waals surface area contributed by atoms with Crippen LogP contribution in [0.25, 0.3) is 22.1 Å². The Bertz CT molecular complexity index is 1140. The fourth-order valence-corrected chi connectivity index (χ4v) is 3.03. The molecule has 0 aliphatic heterocycles. The maximum atomic E-state index is 12.0. The highest BCUT2D eigenvalue weighted by Crippen LogP contribution is 2.29. The van der Waals surface area contributed by atoms with Gasteiger partial charge in [0.1, 0.15) is 29.9 Å². The molecule has 4 rings (SSSR count).